The normalized spacial score (nSPS) is 10.2. The summed E-state index contributed by atoms with van der Waals surface area (Å²) < 4.78 is 11.1. The van der Waals surface area contributed by atoms with E-state index < -0.39 is 0 Å². The van der Waals surface area contributed by atoms with Crippen molar-refractivity contribution in [1.29, 1.82) is 0 Å². The van der Waals surface area contributed by atoms with Crippen LogP contribution < -0.4 is 14.8 Å². The number of carbonyl (C=O) groups is 1. The van der Waals surface area contributed by atoms with Gasteiger partial charge in [-0.05, 0) is 35.4 Å². The molecule has 132 valence electrons. The summed E-state index contributed by atoms with van der Waals surface area (Å²) in [4.78, 5) is 12.6. The molecule has 3 aromatic carbocycles. The minimum absolute atomic E-state index is 0.170. The van der Waals surface area contributed by atoms with Gasteiger partial charge in [0.05, 0.1) is 12.7 Å². The molecule has 0 heterocycles. The van der Waals surface area contributed by atoms with Crippen LogP contribution in [0.1, 0.15) is 21.5 Å². The highest BCUT2D eigenvalue weighted by Gasteiger charge is 2.12. The molecule has 0 unspecified atom stereocenters. The SMILES string of the molecule is COc1cccc(CNC(=O)c2ccccc2OCc2ccccc2)c1. The van der Waals surface area contributed by atoms with Crippen LogP contribution in [0.15, 0.2) is 78.9 Å². The van der Waals surface area contributed by atoms with Crippen molar-refractivity contribution in [1.82, 2.24) is 5.32 Å². The minimum atomic E-state index is -0.170. The standard InChI is InChI=1S/C22H21NO3/c1-25-19-11-7-10-18(14-19)15-23-22(24)20-12-5-6-13-21(20)26-16-17-8-3-2-4-9-17/h2-14H,15-16H2,1H3,(H,23,24). The van der Waals surface area contributed by atoms with Crippen molar-refractivity contribution in [2.24, 2.45) is 0 Å². The summed E-state index contributed by atoms with van der Waals surface area (Å²) >= 11 is 0. The van der Waals surface area contributed by atoms with Gasteiger partial charge in [0.2, 0.25) is 0 Å². The van der Waals surface area contributed by atoms with E-state index in [9.17, 15) is 4.79 Å². The van der Waals surface area contributed by atoms with E-state index in [1.807, 2.05) is 72.8 Å². The predicted octanol–water partition coefficient (Wildman–Crippen LogP) is 4.20. The van der Waals surface area contributed by atoms with E-state index in [-0.39, 0.29) is 5.91 Å². The number of methoxy groups -OCH3 is 1. The summed E-state index contributed by atoms with van der Waals surface area (Å²) in [6.07, 6.45) is 0. The van der Waals surface area contributed by atoms with Crippen LogP contribution in [-0.4, -0.2) is 13.0 Å². The Morgan fingerprint density at radius 3 is 2.42 bits per heavy atom. The van der Waals surface area contributed by atoms with Gasteiger partial charge in [0.15, 0.2) is 0 Å². The second-order valence-electron chi connectivity index (χ2n) is 5.80. The average molecular weight is 347 g/mol. The van der Waals surface area contributed by atoms with Crippen LogP contribution in [0.3, 0.4) is 0 Å². The smallest absolute Gasteiger partial charge is 0.255 e. The van der Waals surface area contributed by atoms with Gasteiger partial charge in [0, 0.05) is 6.54 Å². The maximum atomic E-state index is 12.6. The van der Waals surface area contributed by atoms with E-state index in [1.54, 1.807) is 13.2 Å². The largest absolute Gasteiger partial charge is 0.497 e. The third-order valence-electron chi connectivity index (χ3n) is 3.96. The molecule has 0 aliphatic rings. The molecule has 0 aromatic heterocycles. The van der Waals surface area contributed by atoms with Gasteiger partial charge in [0.25, 0.3) is 5.91 Å². The zero-order chi connectivity index (χ0) is 18.2. The summed E-state index contributed by atoms with van der Waals surface area (Å²) in [7, 11) is 1.62. The molecular weight excluding hydrogens is 326 g/mol. The fraction of sp³-hybridized carbons (Fsp3) is 0.136. The van der Waals surface area contributed by atoms with Crippen LogP contribution in [0.5, 0.6) is 11.5 Å². The van der Waals surface area contributed by atoms with Crippen molar-refractivity contribution in [3.63, 3.8) is 0 Å². The van der Waals surface area contributed by atoms with Crippen LogP contribution >= 0.6 is 0 Å². The van der Waals surface area contributed by atoms with Crippen LogP contribution in [0, 0.1) is 0 Å². The van der Waals surface area contributed by atoms with E-state index in [0.717, 1.165) is 16.9 Å². The summed E-state index contributed by atoms with van der Waals surface area (Å²) in [6.45, 7) is 0.837. The number of ether oxygens (including phenoxy) is 2. The molecular formula is C22H21NO3. The Bertz CT molecular complexity index is 862. The number of nitrogens with one attached hydrogen (secondary N) is 1. The molecule has 3 aromatic rings. The molecule has 0 atom stereocenters. The summed E-state index contributed by atoms with van der Waals surface area (Å²) in [5, 5.41) is 2.93. The molecule has 0 radical (unpaired) electrons. The van der Waals surface area contributed by atoms with Gasteiger partial charge >= 0.3 is 0 Å². The first-order valence-electron chi connectivity index (χ1n) is 8.43. The van der Waals surface area contributed by atoms with Crippen LogP contribution in [0.25, 0.3) is 0 Å². The quantitative estimate of drug-likeness (QED) is 0.697. The summed E-state index contributed by atoms with van der Waals surface area (Å²) in [5.41, 5.74) is 2.55. The monoisotopic (exact) mass is 347 g/mol. The molecule has 0 bridgehead atoms. The molecule has 26 heavy (non-hydrogen) atoms. The van der Waals surface area contributed by atoms with Gasteiger partial charge < -0.3 is 14.8 Å². The summed E-state index contributed by atoms with van der Waals surface area (Å²) in [5.74, 6) is 1.17. The Hall–Kier alpha value is -3.27. The van der Waals surface area contributed by atoms with Gasteiger partial charge in [0.1, 0.15) is 18.1 Å². The molecule has 0 aliphatic carbocycles. The van der Waals surface area contributed by atoms with E-state index in [0.29, 0.717) is 24.5 Å². The second kappa shape index (κ2) is 8.72. The highest BCUT2D eigenvalue weighted by molar-refractivity contribution is 5.96. The fourth-order valence-electron chi connectivity index (χ4n) is 2.58. The number of rotatable bonds is 7. The number of para-hydroxylation sites is 1. The lowest BCUT2D eigenvalue weighted by molar-refractivity contribution is 0.0946. The Balaban J connectivity index is 1.65. The Kier molecular flexibility index (Phi) is 5.88. The molecule has 0 aliphatic heterocycles. The number of benzene rings is 3. The maximum Gasteiger partial charge on any atom is 0.255 e. The zero-order valence-electron chi connectivity index (χ0n) is 14.6. The molecule has 0 spiro atoms. The zero-order valence-corrected chi connectivity index (χ0v) is 14.6. The molecule has 0 saturated carbocycles. The molecule has 0 saturated heterocycles. The summed E-state index contributed by atoms with van der Waals surface area (Å²) in [6, 6.07) is 24.8. The van der Waals surface area contributed by atoms with Crippen molar-refractivity contribution in [3.8, 4) is 11.5 Å². The van der Waals surface area contributed by atoms with Crippen molar-refractivity contribution in [2.75, 3.05) is 7.11 Å². The number of carbonyl (C=O) groups excluding carboxylic acids is 1. The van der Waals surface area contributed by atoms with Crippen LogP contribution in [-0.2, 0) is 13.2 Å². The lowest BCUT2D eigenvalue weighted by atomic mass is 10.1. The van der Waals surface area contributed by atoms with E-state index >= 15 is 0 Å². The predicted molar refractivity (Wildman–Crippen MR) is 101 cm³/mol. The number of hydrogen-bond acceptors (Lipinski definition) is 3. The Morgan fingerprint density at radius 2 is 1.62 bits per heavy atom. The van der Waals surface area contributed by atoms with Gasteiger partial charge in [-0.15, -0.1) is 0 Å². The van der Waals surface area contributed by atoms with Crippen LogP contribution in [0.4, 0.5) is 0 Å². The molecule has 1 amide bonds. The highest BCUT2D eigenvalue weighted by atomic mass is 16.5. The first-order valence-corrected chi connectivity index (χ1v) is 8.43. The Labute approximate surface area is 153 Å². The van der Waals surface area contributed by atoms with Crippen molar-refractivity contribution in [2.45, 2.75) is 13.2 Å². The van der Waals surface area contributed by atoms with E-state index in [2.05, 4.69) is 5.32 Å². The minimum Gasteiger partial charge on any atom is -0.497 e. The van der Waals surface area contributed by atoms with Crippen LogP contribution in [0.2, 0.25) is 0 Å². The third-order valence-corrected chi connectivity index (χ3v) is 3.96. The average Bonchev–Trinajstić information content (AvgIpc) is 2.71. The first kappa shape index (κ1) is 17.5. The second-order valence-corrected chi connectivity index (χ2v) is 5.80. The van der Waals surface area contributed by atoms with E-state index in [1.165, 1.54) is 0 Å². The molecule has 4 nitrogen and oxygen atoms in total. The molecule has 3 rings (SSSR count). The lowest BCUT2D eigenvalue weighted by Crippen LogP contribution is -2.23. The van der Waals surface area contributed by atoms with Gasteiger partial charge in [-0.2, -0.15) is 0 Å². The number of hydrogen-bond donors (Lipinski definition) is 1. The van der Waals surface area contributed by atoms with E-state index in [4.69, 9.17) is 9.47 Å². The fourth-order valence-corrected chi connectivity index (χ4v) is 2.58. The number of amides is 1. The first-order chi connectivity index (χ1) is 12.8. The lowest BCUT2D eigenvalue weighted by Gasteiger charge is -2.12. The molecule has 4 heteroatoms. The third kappa shape index (κ3) is 4.63. The van der Waals surface area contributed by atoms with Gasteiger partial charge in [-0.3, -0.25) is 4.79 Å². The molecule has 1 N–H and O–H groups in total. The molecule has 0 fully saturated rings. The van der Waals surface area contributed by atoms with Gasteiger partial charge in [-0.1, -0.05) is 54.6 Å². The van der Waals surface area contributed by atoms with Crippen molar-refractivity contribution >= 4 is 5.91 Å². The van der Waals surface area contributed by atoms with Crippen molar-refractivity contribution < 1.29 is 14.3 Å². The van der Waals surface area contributed by atoms with Gasteiger partial charge in [-0.25, -0.2) is 0 Å². The topological polar surface area (TPSA) is 47.6 Å². The maximum absolute atomic E-state index is 12.6. The highest BCUT2D eigenvalue weighted by Crippen LogP contribution is 2.20. The Morgan fingerprint density at radius 1 is 0.885 bits per heavy atom. The van der Waals surface area contributed by atoms with Crippen molar-refractivity contribution in [3.05, 3.63) is 95.6 Å².